The summed E-state index contributed by atoms with van der Waals surface area (Å²) in [4.78, 5) is 11.4. The van der Waals surface area contributed by atoms with Crippen LogP contribution < -0.4 is 21.1 Å². The van der Waals surface area contributed by atoms with Gasteiger partial charge in [-0.1, -0.05) is 31.9 Å². The molecular formula is C24H35N7O. The van der Waals surface area contributed by atoms with Crippen LogP contribution in [0.1, 0.15) is 37.3 Å². The van der Waals surface area contributed by atoms with Gasteiger partial charge in [0.25, 0.3) is 0 Å². The second kappa shape index (κ2) is 10.7. The summed E-state index contributed by atoms with van der Waals surface area (Å²) in [6.45, 7) is 8.96. The van der Waals surface area contributed by atoms with Gasteiger partial charge >= 0.3 is 0 Å². The second-order valence-electron chi connectivity index (χ2n) is 8.41. The maximum Gasteiger partial charge on any atom is 0.222 e. The van der Waals surface area contributed by atoms with Crippen molar-refractivity contribution in [1.29, 1.82) is 0 Å². The molecule has 8 nitrogen and oxygen atoms in total. The number of hydrogen-bond acceptors (Lipinski definition) is 7. The molecule has 0 spiro atoms. The van der Waals surface area contributed by atoms with E-state index < -0.39 is 0 Å². The van der Waals surface area contributed by atoms with Crippen LogP contribution in [-0.2, 0) is 13.1 Å². The maximum atomic E-state index is 5.96. The molecule has 1 fully saturated rings. The lowest BCUT2D eigenvalue weighted by Crippen LogP contribution is -2.42. The Morgan fingerprint density at radius 1 is 1.12 bits per heavy atom. The van der Waals surface area contributed by atoms with Gasteiger partial charge in [0.2, 0.25) is 5.95 Å². The Labute approximate surface area is 190 Å². The quantitative estimate of drug-likeness (QED) is 0.420. The third-order valence-corrected chi connectivity index (χ3v) is 6.01. The molecule has 0 bridgehead atoms. The standard InChI is InChI=1S/C24H35N7O/c1-3-4-5-9-27-23-22-20(28-24(25)29-23)8-12-31(22)17-19-7-6-18(15-21(19)32-2)16-30-13-10-26-11-14-30/h6-8,12,15,26H,3-5,9-11,13-14,16-17H2,1-2H3,(H3,25,27,28,29). The van der Waals surface area contributed by atoms with Gasteiger partial charge in [0.1, 0.15) is 11.3 Å². The molecular weight excluding hydrogens is 402 g/mol. The molecule has 0 saturated carbocycles. The zero-order chi connectivity index (χ0) is 22.3. The molecule has 0 amide bonds. The molecule has 1 aliphatic heterocycles. The molecule has 1 saturated heterocycles. The Morgan fingerprint density at radius 2 is 1.97 bits per heavy atom. The van der Waals surface area contributed by atoms with E-state index in [4.69, 9.17) is 10.5 Å². The minimum absolute atomic E-state index is 0.295. The van der Waals surface area contributed by atoms with Crippen LogP contribution in [0.2, 0.25) is 0 Å². The van der Waals surface area contributed by atoms with Crippen molar-refractivity contribution in [3.05, 3.63) is 41.6 Å². The second-order valence-corrected chi connectivity index (χ2v) is 8.41. The molecule has 2 aromatic heterocycles. The predicted molar refractivity (Wildman–Crippen MR) is 130 cm³/mol. The van der Waals surface area contributed by atoms with Crippen molar-refractivity contribution in [2.45, 2.75) is 39.3 Å². The van der Waals surface area contributed by atoms with E-state index in [1.54, 1.807) is 7.11 Å². The molecule has 1 aliphatic rings. The van der Waals surface area contributed by atoms with E-state index in [0.717, 1.165) is 73.9 Å². The molecule has 0 radical (unpaired) electrons. The van der Waals surface area contributed by atoms with Crippen LogP contribution in [0.4, 0.5) is 11.8 Å². The van der Waals surface area contributed by atoms with Gasteiger partial charge in [0.05, 0.1) is 19.2 Å². The largest absolute Gasteiger partial charge is 0.496 e. The number of nitrogens with one attached hydrogen (secondary N) is 2. The van der Waals surface area contributed by atoms with Crippen molar-refractivity contribution in [2.75, 3.05) is 50.9 Å². The first kappa shape index (κ1) is 22.4. The number of aromatic nitrogens is 3. The SMILES string of the molecule is CCCCCNc1nc(N)nc2ccn(Cc3ccc(CN4CCNCC4)cc3OC)c12. The first-order valence-electron chi connectivity index (χ1n) is 11.6. The number of nitrogen functional groups attached to an aromatic ring is 1. The average molecular weight is 438 g/mol. The van der Waals surface area contributed by atoms with Gasteiger partial charge in [0.15, 0.2) is 5.82 Å². The van der Waals surface area contributed by atoms with E-state index in [1.807, 2.05) is 12.3 Å². The van der Waals surface area contributed by atoms with E-state index in [2.05, 4.69) is 55.2 Å². The highest BCUT2D eigenvalue weighted by atomic mass is 16.5. The molecule has 0 aliphatic carbocycles. The summed E-state index contributed by atoms with van der Waals surface area (Å²) in [6, 6.07) is 8.55. The Kier molecular flexibility index (Phi) is 7.44. The summed E-state index contributed by atoms with van der Waals surface area (Å²) < 4.78 is 7.94. The summed E-state index contributed by atoms with van der Waals surface area (Å²) in [6.07, 6.45) is 5.52. The number of fused-ring (bicyclic) bond motifs is 1. The molecule has 3 aromatic rings. The number of hydrogen-bond donors (Lipinski definition) is 3. The van der Waals surface area contributed by atoms with Crippen molar-refractivity contribution < 1.29 is 4.74 Å². The normalized spacial score (nSPS) is 14.7. The van der Waals surface area contributed by atoms with Gasteiger partial charge in [-0.25, -0.2) is 4.98 Å². The van der Waals surface area contributed by atoms with E-state index in [0.29, 0.717) is 12.5 Å². The average Bonchev–Trinajstić information content (AvgIpc) is 3.20. The number of nitrogens with zero attached hydrogens (tertiary/aromatic N) is 4. The van der Waals surface area contributed by atoms with Gasteiger partial charge in [0, 0.05) is 51.0 Å². The number of ether oxygens (including phenoxy) is 1. The van der Waals surface area contributed by atoms with Crippen LogP contribution >= 0.6 is 0 Å². The van der Waals surface area contributed by atoms with Gasteiger partial charge in [-0.2, -0.15) is 4.98 Å². The lowest BCUT2D eigenvalue weighted by Gasteiger charge is -2.27. The predicted octanol–water partition coefficient (Wildman–Crippen LogP) is 3.08. The molecule has 0 atom stereocenters. The lowest BCUT2D eigenvalue weighted by atomic mass is 10.1. The van der Waals surface area contributed by atoms with Crippen LogP contribution in [0, 0.1) is 0 Å². The lowest BCUT2D eigenvalue weighted by molar-refractivity contribution is 0.233. The number of rotatable bonds is 10. The highest BCUT2D eigenvalue weighted by molar-refractivity contribution is 5.87. The Morgan fingerprint density at radius 3 is 2.75 bits per heavy atom. The smallest absolute Gasteiger partial charge is 0.222 e. The fourth-order valence-electron chi connectivity index (χ4n) is 4.29. The third-order valence-electron chi connectivity index (χ3n) is 6.01. The van der Waals surface area contributed by atoms with Crippen molar-refractivity contribution in [2.24, 2.45) is 0 Å². The minimum atomic E-state index is 0.295. The summed E-state index contributed by atoms with van der Waals surface area (Å²) in [5, 5.41) is 6.87. The number of anilines is 2. The van der Waals surface area contributed by atoms with Crippen LogP contribution in [0.3, 0.4) is 0 Å². The number of unbranched alkanes of at least 4 members (excludes halogenated alkanes) is 2. The van der Waals surface area contributed by atoms with E-state index in [1.165, 1.54) is 18.4 Å². The number of piperazine rings is 1. The highest BCUT2D eigenvalue weighted by Gasteiger charge is 2.15. The van der Waals surface area contributed by atoms with Crippen LogP contribution in [-0.4, -0.2) is 59.3 Å². The van der Waals surface area contributed by atoms with Gasteiger partial charge < -0.3 is 25.7 Å². The van der Waals surface area contributed by atoms with Crippen LogP contribution in [0.5, 0.6) is 5.75 Å². The van der Waals surface area contributed by atoms with E-state index in [-0.39, 0.29) is 0 Å². The monoisotopic (exact) mass is 437 g/mol. The van der Waals surface area contributed by atoms with Crippen LogP contribution in [0.25, 0.3) is 11.0 Å². The minimum Gasteiger partial charge on any atom is -0.496 e. The van der Waals surface area contributed by atoms with Crippen molar-refractivity contribution >= 4 is 22.8 Å². The molecule has 4 N–H and O–H groups in total. The van der Waals surface area contributed by atoms with Crippen molar-refractivity contribution in [1.82, 2.24) is 24.8 Å². The fourth-order valence-corrected chi connectivity index (χ4v) is 4.29. The van der Waals surface area contributed by atoms with E-state index >= 15 is 0 Å². The summed E-state index contributed by atoms with van der Waals surface area (Å²) in [7, 11) is 1.74. The Bertz CT molecular complexity index is 1030. The van der Waals surface area contributed by atoms with Gasteiger partial charge in [-0.05, 0) is 24.1 Å². The first-order valence-corrected chi connectivity index (χ1v) is 11.6. The number of benzene rings is 1. The summed E-state index contributed by atoms with van der Waals surface area (Å²) in [5.41, 5.74) is 10.2. The molecule has 1 aromatic carbocycles. The maximum absolute atomic E-state index is 5.96. The first-order chi connectivity index (χ1) is 15.7. The highest BCUT2D eigenvalue weighted by Crippen LogP contribution is 2.27. The van der Waals surface area contributed by atoms with Gasteiger partial charge in [-0.3, -0.25) is 4.90 Å². The molecule has 32 heavy (non-hydrogen) atoms. The summed E-state index contributed by atoms with van der Waals surface area (Å²) in [5.74, 6) is 2.00. The van der Waals surface area contributed by atoms with Crippen molar-refractivity contribution in [3.8, 4) is 5.75 Å². The number of methoxy groups -OCH3 is 1. The van der Waals surface area contributed by atoms with Crippen LogP contribution in [0.15, 0.2) is 30.5 Å². The topological polar surface area (TPSA) is 93.3 Å². The summed E-state index contributed by atoms with van der Waals surface area (Å²) >= 11 is 0. The number of nitrogens with two attached hydrogens (primary N) is 1. The molecule has 0 unspecified atom stereocenters. The third kappa shape index (κ3) is 5.31. The molecule has 8 heteroatoms. The molecule has 3 heterocycles. The zero-order valence-electron chi connectivity index (χ0n) is 19.2. The fraction of sp³-hybridized carbons (Fsp3) is 0.500. The van der Waals surface area contributed by atoms with E-state index in [9.17, 15) is 0 Å². The molecule has 4 rings (SSSR count). The Balaban J connectivity index is 1.55. The van der Waals surface area contributed by atoms with Crippen molar-refractivity contribution in [3.63, 3.8) is 0 Å². The zero-order valence-corrected chi connectivity index (χ0v) is 19.2. The van der Waals surface area contributed by atoms with Gasteiger partial charge in [-0.15, -0.1) is 0 Å². The molecule has 172 valence electrons. The Hall–Kier alpha value is -2.84.